The van der Waals surface area contributed by atoms with Crippen LogP contribution in [-0.4, -0.2) is 59.9 Å². The molecule has 3 aromatic carbocycles. The van der Waals surface area contributed by atoms with Crippen molar-refractivity contribution < 1.29 is 9.84 Å². The molecule has 4 aromatic rings. The van der Waals surface area contributed by atoms with Gasteiger partial charge in [-0.3, -0.25) is 0 Å². The molecule has 0 saturated carbocycles. The molecular weight excluding hydrogens is 478 g/mol. The molecule has 0 amide bonds. The molecule has 0 unspecified atom stereocenters. The molecule has 0 bridgehead atoms. The van der Waals surface area contributed by atoms with Crippen molar-refractivity contribution in [3.8, 4) is 22.6 Å². The third kappa shape index (κ3) is 6.49. The summed E-state index contributed by atoms with van der Waals surface area (Å²) < 4.78 is 5.31. The molecule has 1 saturated heterocycles. The number of hydrogen-bond acceptors (Lipinski definition) is 9. The van der Waals surface area contributed by atoms with E-state index in [-0.39, 0.29) is 5.75 Å². The van der Waals surface area contributed by atoms with Gasteiger partial charge >= 0.3 is 0 Å². The van der Waals surface area contributed by atoms with Crippen LogP contribution in [0.1, 0.15) is 11.1 Å². The van der Waals surface area contributed by atoms with E-state index in [1.165, 1.54) is 0 Å². The number of phenolic OH excluding ortho intramolecular Hbond substituents is 1. The van der Waals surface area contributed by atoms with E-state index < -0.39 is 0 Å². The highest BCUT2D eigenvalue weighted by molar-refractivity contribution is 5.68. The fraction of sp³-hybridized carbons (Fsp3) is 0.276. The molecule has 1 fully saturated rings. The number of benzene rings is 3. The number of anilines is 3. The Kier molecular flexibility index (Phi) is 8.15. The van der Waals surface area contributed by atoms with E-state index in [1.807, 2.05) is 36.4 Å². The minimum Gasteiger partial charge on any atom is -0.508 e. The molecule has 9 nitrogen and oxygen atoms in total. The molecule has 9 heteroatoms. The van der Waals surface area contributed by atoms with E-state index in [0.717, 1.165) is 60.6 Å². The highest BCUT2D eigenvalue weighted by atomic mass is 16.5. The largest absolute Gasteiger partial charge is 0.508 e. The van der Waals surface area contributed by atoms with Crippen LogP contribution in [-0.2, 0) is 13.0 Å². The maximum Gasteiger partial charge on any atom is 0.232 e. The number of piperazine rings is 1. The number of nitrogens with one attached hydrogen (secondary N) is 3. The molecule has 0 radical (unpaired) electrons. The van der Waals surface area contributed by atoms with Crippen LogP contribution < -0.4 is 25.6 Å². The van der Waals surface area contributed by atoms with Crippen molar-refractivity contribution in [1.29, 1.82) is 0 Å². The van der Waals surface area contributed by atoms with Gasteiger partial charge < -0.3 is 30.7 Å². The van der Waals surface area contributed by atoms with Crippen LogP contribution >= 0.6 is 0 Å². The Morgan fingerprint density at radius 2 is 1.58 bits per heavy atom. The quantitative estimate of drug-likeness (QED) is 0.252. The SMILES string of the molecule is COc1ccc(-c2ccccc2CNc2nc(NCCc3ccc(O)cc3)nc(N3CCNCC3)n2)cc1. The van der Waals surface area contributed by atoms with Gasteiger partial charge in [-0.15, -0.1) is 0 Å². The van der Waals surface area contributed by atoms with Crippen molar-refractivity contribution in [2.75, 3.05) is 55.4 Å². The Balaban J connectivity index is 1.32. The first kappa shape index (κ1) is 25.3. The number of nitrogens with zero attached hydrogens (tertiary/aromatic N) is 4. The maximum atomic E-state index is 9.52. The van der Waals surface area contributed by atoms with Crippen molar-refractivity contribution in [2.45, 2.75) is 13.0 Å². The second-order valence-electron chi connectivity index (χ2n) is 9.10. The number of aromatic hydroxyl groups is 1. The fourth-order valence-corrected chi connectivity index (χ4v) is 4.41. The van der Waals surface area contributed by atoms with E-state index in [2.05, 4.69) is 50.1 Å². The van der Waals surface area contributed by atoms with Gasteiger partial charge in [0.15, 0.2) is 0 Å². The average Bonchev–Trinajstić information content (AvgIpc) is 2.98. The summed E-state index contributed by atoms with van der Waals surface area (Å²) in [5, 5.41) is 19.7. The van der Waals surface area contributed by atoms with Gasteiger partial charge in [0.25, 0.3) is 0 Å². The van der Waals surface area contributed by atoms with Gasteiger partial charge in [0.05, 0.1) is 7.11 Å². The zero-order valence-corrected chi connectivity index (χ0v) is 21.5. The lowest BCUT2D eigenvalue weighted by Crippen LogP contribution is -2.44. The minimum atomic E-state index is 0.268. The Hall–Kier alpha value is -4.37. The number of methoxy groups -OCH3 is 1. The highest BCUT2D eigenvalue weighted by Crippen LogP contribution is 2.26. The molecule has 5 rings (SSSR count). The standard InChI is InChI=1S/C29H33N7O2/c1-38-25-12-8-22(9-13-25)26-5-3-2-4-23(26)20-32-28-33-27(31-15-14-21-6-10-24(37)11-7-21)34-29(35-28)36-18-16-30-17-19-36/h2-13,30,37H,14-20H2,1H3,(H2,31,32,33,34,35). The van der Waals surface area contributed by atoms with E-state index >= 15 is 0 Å². The topological polar surface area (TPSA) is 107 Å². The van der Waals surface area contributed by atoms with Crippen LogP contribution in [0.25, 0.3) is 11.1 Å². The monoisotopic (exact) mass is 511 g/mol. The third-order valence-corrected chi connectivity index (χ3v) is 6.51. The Bertz CT molecular complexity index is 1320. The predicted octanol–water partition coefficient (Wildman–Crippen LogP) is 3.93. The van der Waals surface area contributed by atoms with Crippen LogP contribution in [0.2, 0.25) is 0 Å². The highest BCUT2D eigenvalue weighted by Gasteiger charge is 2.16. The second-order valence-corrected chi connectivity index (χ2v) is 9.10. The summed E-state index contributed by atoms with van der Waals surface area (Å²) >= 11 is 0. The number of rotatable bonds is 10. The number of aromatic nitrogens is 3. The zero-order chi connectivity index (χ0) is 26.2. The molecule has 0 aliphatic carbocycles. The number of phenols is 1. The lowest BCUT2D eigenvalue weighted by Gasteiger charge is -2.27. The summed E-state index contributed by atoms with van der Waals surface area (Å²) in [6, 6.07) is 23.6. The van der Waals surface area contributed by atoms with Gasteiger partial charge in [-0.05, 0) is 52.9 Å². The van der Waals surface area contributed by atoms with E-state index in [0.29, 0.717) is 30.9 Å². The molecule has 0 spiro atoms. The fourth-order valence-electron chi connectivity index (χ4n) is 4.41. The molecule has 1 aliphatic heterocycles. The molecule has 196 valence electrons. The van der Waals surface area contributed by atoms with Crippen LogP contribution in [0.15, 0.2) is 72.8 Å². The lowest BCUT2D eigenvalue weighted by atomic mass is 9.99. The van der Waals surface area contributed by atoms with Gasteiger partial charge in [-0.1, -0.05) is 48.5 Å². The summed E-state index contributed by atoms with van der Waals surface area (Å²) in [4.78, 5) is 16.3. The van der Waals surface area contributed by atoms with Gasteiger partial charge in [0.2, 0.25) is 17.8 Å². The molecule has 4 N–H and O–H groups in total. The first-order valence-electron chi connectivity index (χ1n) is 12.9. The Morgan fingerprint density at radius 3 is 2.32 bits per heavy atom. The predicted molar refractivity (Wildman–Crippen MR) is 151 cm³/mol. The number of hydrogen-bond donors (Lipinski definition) is 4. The summed E-state index contributed by atoms with van der Waals surface area (Å²) in [7, 11) is 1.67. The average molecular weight is 512 g/mol. The molecule has 1 aromatic heterocycles. The molecule has 2 heterocycles. The first-order chi connectivity index (χ1) is 18.7. The summed E-state index contributed by atoms with van der Waals surface area (Å²) in [6.07, 6.45) is 0.785. The van der Waals surface area contributed by atoms with E-state index in [4.69, 9.17) is 14.7 Å². The molecule has 38 heavy (non-hydrogen) atoms. The van der Waals surface area contributed by atoms with Gasteiger partial charge in [0.1, 0.15) is 11.5 Å². The third-order valence-electron chi connectivity index (χ3n) is 6.51. The Morgan fingerprint density at radius 1 is 0.868 bits per heavy atom. The summed E-state index contributed by atoms with van der Waals surface area (Å²) in [5.74, 6) is 2.84. The van der Waals surface area contributed by atoms with E-state index in [9.17, 15) is 5.11 Å². The van der Waals surface area contributed by atoms with Crippen molar-refractivity contribution in [1.82, 2.24) is 20.3 Å². The molecule has 0 atom stereocenters. The molecule has 1 aliphatic rings. The van der Waals surface area contributed by atoms with Gasteiger partial charge in [0, 0.05) is 39.3 Å². The van der Waals surface area contributed by atoms with Crippen molar-refractivity contribution in [3.05, 3.63) is 83.9 Å². The van der Waals surface area contributed by atoms with Gasteiger partial charge in [-0.2, -0.15) is 15.0 Å². The molecular formula is C29H33N7O2. The first-order valence-corrected chi connectivity index (χ1v) is 12.9. The van der Waals surface area contributed by atoms with Crippen LogP contribution in [0.4, 0.5) is 17.8 Å². The smallest absolute Gasteiger partial charge is 0.232 e. The number of ether oxygens (including phenoxy) is 1. The lowest BCUT2D eigenvalue weighted by molar-refractivity contribution is 0.415. The summed E-state index contributed by atoms with van der Waals surface area (Å²) in [5.41, 5.74) is 4.53. The second kappa shape index (κ2) is 12.2. The zero-order valence-electron chi connectivity index (χ0n) is 21.5. The van der Waals surface area contributed by atoms with Crippen LogP contribution in [0.3, 0.4) is 0 Å². The van der Waals surface area contributed by atoms with Crippen LogP contribution in [0.5, 0.6) is 11.5 Å². The van der Waals surface area contributed by atoms with E-state index in [1.54, 1.807) is 19.2 Å². The van der Waals surface area contributed by atoms with Crippen LogP contribution in [0, 0.1) is 0 Å². The Labute approximate surface area is 222 Å². The van der Waals surface area contributed by atoms with Crippen molar-refractivity contribution >= 4 is 17.8 Å². The van der Waals surface area contributed by atoms with Gasteiger partial charge in [-0.25, -0.2) is 0 Å². The summed E-state index contributed by atoms with van der Waals surface area (Å²) in [6.45, 7) is 4.71. The minimum absolute atomic E-state index is 0.268. The normalized spacial score (nSPS) is 13.2. The van der Waals surface area contributed by atoms with Crippen molar-refractivity contribution in [2.24, 2.45) is 0 Å². The van der Waals surface area contributed by atoms with Crippen molar-refractivity contribution in [3.63, 3.8) is 0 Å². The maximum absolute atomic E-state index is 9.52.